The minimum absolute atomic E-state index is 0.0609. The molecule has 1 fully saturated rings. The fourth-order valence-electron chi connectivity index (χ4n) is 2.11. The molecule has 1 rings (SSSR count). The molecule has 0 saturated carbocycles. The van der Waals surface area contributed by atoms with Gasteiger partial charge in [0, 0.05) is 26.1 Å². The van der Waals surface area contributed by atoms with Crippen molar-refractivity contribution >= 4 is 17.8 Å². The predicted octanol–water partition coefficient (Wildman–Crippen LogP) is 0.337. The van der Waals surface area contributed by atoms with Crippen molar-refractivity contribution < 1.29 is 24.2 Å². The lowest BCUT2D eigenvalue weighted by Crippen LogP contribution is -2.52. The SMILES string of the molecule is CC(C)(C)OC(=O)CN1CCN(CCCC(=O)O)C(=O)C1. The normalized spacial score (nSPS) is 16.9. The topological polar surface area (TPSA) is 87.2 Å². The van der Waals surface area contributed by atoms with E-state index in [1.165, 1.54) is 0 Å². The number of ether oxygens (including phenoxy) is 1. The summed E-state index contributed by atoms with van der Waals surface area (Å²) in [5, 5.41) is 8.58. The van der Waals surface area contributed by atoms with Crippen molar-refractivity contribution in [1.82, 2.24) is 9.80 Å². The Balaban J connectivity index is 2.33. The van der Waals surface area contributed by atoms with Crippen molar-refractivity contribution in [2.45, 2.75) is 39.2 Å². The van der Waals surface area contributed by atoms with Crippen molar-refractivity contribution in [2.24, 2.45) is 0 Å². The Morgan fingerprint density at radius 3 is 2.48 bits per heavy atom. The number of hydrogen-bond acceptors (Lipinski definition) is 5. The molecule has 0 aromatic rings. The van der Waals surface area contributed by atoms with Crippen LogP contribution in [0, 0.1) is 0 Å². The molecule has 1 aliphatic rings. The van der Waals surface area contributed by atoms with Gasteiger partial charge in [0.05, 0.1) is 13.1 Å². The summed E-state index contributed by atoms with van der Waals surface area (Å²) in [5.41, 5.74) is -0.528. The van der Waals surface area contributed by atoms with E-state index in [9.17, 15) is 14.4 Å². The summed E-state index contributed by atoms with van der Waals surface area (Å²) in [6, 6.07) is 0. The Kier molecular flexibility index (Phi) is 6.14. The number of carbonyl (C=O) groups excluding carboxylic acids is 2. The molecule has 0 aromatic carbocycles. The Morgan fingerprint density at radius 1 is 1.29 bits per heavy atom. The lowest BCUT2D eigenvalue weighted by molar-refractivity contribution is -0.157. The molecule has 1 amide bonds. The van der Waals surface area contributed by atoms with Crippen LogP contribution in [0.1, 0.15) is 33.6 Å². The van der Waals surface area contributed by atoms with Crippen LogP contribution in [-0.2, 0) is 19.1 Å². The Labute approximate surface area is 124 Å². The number of piperazine rings is 1. The monoisotopic (exact) mass is 300 g/mol. The molecule has 1 saturated heterocycles. The minimum atomic E-state index is -0.856. The lowest BCUT2D eigenvalue weighted by Gasteiger charge is -2.34. The minimum Gasteiger partial charge on any atom is -0.481 e. The summed E-state index contributed by atoms with van der Waals surface area (Å²) < 4.78 is 5.22. The summed E-state index contributed by atoms with van der Waals surface area (Å²) in [6.45, 7) is 7.24. The van der Waals surface area contributed by atoms with E-state index in [1.807, 2.05) is 0 Å². The van der Waals surface area contributed by atoms with Gasteiger partial charge in [-0.2, -0.15) is 0 Å². The van der Waals surface area contributed by atoms with Crippen LogP contribution in [0.4, 0.5) is 0 Å². The van der Waals surface area contributed by atoms with E-state index in [0.717, 1.165) is 0 Å². The van der Waals surface area contributed by atoms with Gasteiger partial charge in [-0.3, -0.25) is 19.3 Å². The molecule has 120 valence electrons. The van der Waals surface area contributed by atoms with Crippen LogP contribution in [0.3, 0.4) is 0 Å². The standard InChI is InChI=1S/C14H24N2O5/c1-14(2,3)21-13(20)10-15-7-8-16(11(17)9-15)6-4-5-12(18)19/h4-10H2,1-3H3,(H,18,19). The largest absolute Gasteiger partial charge is 0.481 e. The molecule has 1 heterocycles. The van der Waals surface area contributed by atoms with Crippen LogP contribution in [0.15, 0.2) is 0 Å². The zero-order valence-corrected chi connectivity index (χ0v) is 12.9. The van der Waals surface area contributed by atoms with Gasteiger partial charge in [-0.05, 0) is 27.2 Å². The second-order valence-electron chi connectivity index (χ2n) is 6.18. The zero-order valence-electron chi connectivity index (χ0n) is 12.9. The maximum Gasteiger partial charge on any atom is 0.320 e. The van der Waals surface area contributed by atoms with Gasteiger partial charge in [0.2, 0.25) is 5.91 Å². The van der Waals surface area contributed by atoms with Crippen LogP contribution in [0.2, 0.25) is 0 Å². The molecule has 1 aliphatic heterocycles. The molecule has 21 heavy (non-hydrogen) atoms. The van der Waals surface area contributed by atoms with Gasteiger partial charge in [-0.15, -0.1) is 0 Å². The average molecular weight is 300 g/mol. The van der Waals surface area contributed by atoms with Gasteiger partial charge in [-0.25, -0.2) is 0 Å². The molecular formula is C14H24N2O5. The van der Waals surface area contributed by atoms with Gasteiger partial charge < -0.3 is 14.7 Å². The van der Waals surface area contributed by atoms with Gasteiger partial charge >= 0.3 is 11.9 Å². The number of carbonyl (C=O) groups is 3. The highest BCUT2D eigenvalue weighted by Gasteiger charge is 2.26. The number of nitrogens with zero attached hydrogens (tertiary/aromatic N) is 2. The second kappa shape index (κ2) is 7.40. The van der Waals surface area contributed by atoms with Crippen molar-refractivity contribution in [3.63, 3.8) is 0 Å². The van der Waals surface area contributed by atoms with Crippen LogP contribution in [-0.4, -0.2) is 71.1 Å². The van der Waals surface area contributed by atoms with Crippen molar-refractivity contribution in [3.05, 3.63) is 0 Å². The molecule has 0 aromatic heterocycles. The number of rotatable bonds is 6. The first-order valence-electron chi connectivity index (χ1n) is 7.11. The molecule has 0 bridgehead atoms. The van der Waals surface area contributed by atoms with Crippen LogP contribution in [0.25, 0.3) is 0 Å². The van der Waals surface area contributed by atoms with Crippen molar-refractivity contribution in [1.29, 1.82) is 0 Å². The van der Waals surface area contributed by atoms with E-state index in [0.29, 0.717) is 26.1 Å². The van der Waals surface area contributed by atoms with E-state index in [2.05, 4.69) is 0 Å². The third-order valence-electron chi connectivity index (χ3n) is 2.99. The van der Waals surface area contributed by atoms with E-state index < -0.39 is 11.6 Å². The van der Waals surface area contributed by atoms with E-state index in [-0.39, 0.29) is 31.4 Å². The summed E-state index contributed by atoms with van der Waals surface area (Å²) in [6.07, 6.45) is 0.512. The molecule has 0 unspecified atom stereocenters. The fourth-order valence-corrected chi connectivity index (χ4v) is 2.11. The third-order valence-corrected chi connectivity index (χ3v) is 2.99. The average Bonchev–Trinajstić information content (AvgIpc) is 2.28. The fraction of sp³-hybridized carbons (Fsp3) is 0.786. The van der Waals surface area contributed by atoms with Crippen LogP contribution < -0.4 is 0 Å². The Bertz CT molecular complexity index is 403. The smallest absolute Gasteiger partial charge is 0.320 e. The number of carboxylic acids is 1. The van der Waals surface area contributed by atoms with Gasteiger partial charge in [0.1, 0.15) is 5.60 Å². The molecule has 0 spiro atoms. The molecule has 0 atom stereocenters. The molecule has 0 aliphatic carbocycles. The highest BCUT2D eigenvalue weighted by atomic mass is 16.6. The number of amides is 1. The highest BCUT2D eigenvalue weighted by Crippen LogP contribution is 2.09. The maximum absolute atomic E-state index is 11.9. The molecular weight excluding hydrogens is 276 g/mol. The Morgan fingerprint density at radius 2 is 1.95 bits per heavy atom. The number of hydrogen-bond donors (Lipinski definition) is 1. The second-order valence-corrected chi connectivity index (χ2v) is 6.18. The lowest BCUT2D eigenvalue weighted by atomic mass is 10.2. The first-order chi connectivity index (χ1) is 9.67. The maximum atomic E-state index is 11.9. The summed E-state index contributed by atoms with van der Waals surface area (Å²) in [4.78, 5) is 37.5. The van der Waals surface area contributed by atoms with Crippen LogP contribution >= 0.6 is 0 Å². The third kappa shape index (κ3) is 7.08. The predicted molar refractivity (Wildman–Crippen MR) is 75.7 cm³/mol. The van der Waals surface area contributed by atoms with Gasteiger partial charge in [0.25, 0.3) is 0 Å². The van der Waals surface area contributed by atoms with E-state index in [1.54, 1.807) is 30.6 Å². The van der Waals surface area contributed by atoms with Crippen molar-refractivity contribution in [3.8, 4) is 0 Å². The molecule has 7 nitrogen and oxygen atoms in total. The number of aliphatic carboxylic acids is 1. The van der Waals surface area contributed by atoms with Gasteiger partial charge in [-0.1, -0.05) is 0 Å². The van der Waals surface area contributed by atoms with E-state index in [4.69, 9.17) is 9.84 Å². The summed E-state index contributed by atoms with van der Waals surface area (Å²) in [7, 11) is 0. The first kappa shape index (κ1) is 17.4. The first-order valence-corrected chi connectivity index (χ1v) is 7.11. The van der Waals surface area contributed by atoms with Gasteiger partial charge in [0.15, 0.2) is 0 Å². The zero-order chi connectivity index (χ0) is 16.0. The quantitative estimate of drug-likeness (QED) is 0.712. The molecule has 7 heteroatoms. The van der Waals surface area contributed by atoms with Crippen molar-refractivity contribution in [2.75, 3.05) is 32.7 Å². The molecule has 0 radical (unpaired) electrons. The highest BCUT2D eigenvalue weighted by molar-refractivity contribution is 5.80. The molecule has 1 N–H and O–H groups in total. The summed E-state index contributed by atoms with van der Waals surface area (Å²) >= 11 is 0. The number of carboxylic acid groups (broad SMARTS) is 1. The Hall–Kier alpha value is -1.63. The number of esters is 1. The van der Waals surface area contributed by atoms with E-state index >= 15 is 0 Å². The summed E-state index contributed by atoms with van der Waals surface area (Å²) in [5.74, 6) is -1.27. The van der Waals surface area contributed by atoms with Crippen LogP contribution in [0.5, 0.6) is 0 Å².